The van der Waals surface area contributed by atoms with Gasteiger partial charge in [0, 0.05) is 24.7 Å². The summed E-state index contributed by atoms with van der Waals surface area (Å²) in [5, 5.41) is 8.88. The lowest BCUT2D eigenvalue weighted by Gasteiger charge is -2.12. The van der Waals surface area contributed by atoms with Gasteiger partial charge in [0.25, 0.3) is 0 Å². The maximum atomic E-state index is 4.47. The molecule has 3 heterocycles. The third-order valence-corrected chi connectivity index (χ3v) is 3.64. The average molecular weight is 284 g/mol. The quantitative estimate of drug-likeness (QED) is 0.800. The first kappa shape index (κ1) is 13.6. The molecule has 0 aliphatic carbocycles. The fourth-order valence-corrected chi connectivity index (χ4v) is 2.53. The number of hydrogen-bond donors (Lipinski definition) is 1. The van der Waals surface area contributed by atoms with Crippen LogP contribution in [-0.2, 0) is 13.6 Å². The fourth-order valence-electron chi connectivity index (χ4n) is 2.53. The Labute approximate surface area is 123 Å². The van der Waals surface area contributed by atoms with Crippen LogP contribution >= 0.6 is 0 Å². The van der Waals surface area contributed by atoms with Crippen LogP contribution in [0, 0.1) is 6.92 Å². The number of hydrogen-bond acceptors (Lipinski definition) is 4. The van der Waals surface area contributed by atoms with E-state index in [4.69, 9.17) is 0 Å². The first-order chi connectivity index (χ1) is 10.1. The molecule has 0 saturated heterocycles. The summed E-state index contributed by atoms with van der Waals surface area (Å²) in [6.45, 7) is 7.03. The Morgan fingerprint density at radius 1 is 1.29 bits per heavy atom. The van der Waals surface area contributed by atoms with Gasteiger partial charge in [-0.05, 0) is 26.8 Å². The van der Waals surface area contributed by atoms with E-state index >= 15 is 0 Å². The molecule has 6 nitrogen and oxygen atoms in total. The Balaban J connectivity index is 1.82. The molecule has 3 aromatic heterocycles. The van der Waals surface area contributed by atoms with E-state index in [2.05, 4.69) is 44.9 Å². The van der Waals surface area contributed by atoms with Crippen LogP contribution in [0.1, 0.15) is 31.3 Å². The highest BCUT2D eigenvalue weighted by Crippen LogP contribution is 2.20. The van der Waals surface area contributed by atoms with Gasteiger partial charge in [-0.1, -0.05) is 0 Å². The SMILES string of the molecule is Cc1nn(C)c2ncc(NCc3cncn3C(C)C)cc12. The van der Waals surface area contributed by atoms with Gasteiger partial charge in [0.1, 0.15) is 0 Å². The van der Waals surface area contributed by atoms with Crippen LogP contribution in [0.25, 0.3) is 11.0 Å². The predicted octanol–water partition coefficient (Wildman–Crippen LogP) is 2.67. The van der Waals surface area contributed by atoms with Crippen molar-refractivity contribution in [3.8, 4) is 0 Å². The summed E-state index contributed by atoms with van der Waals surface area (Å²) in [4.78, 5) is 8.69. The molecule has 3 rings (SSSR count). The zero-order valence-corrected chi connectivity index (χ0v) is 12.8. The maximum Gasteiger partial charge on any atom is 0.157 e. The number of pyridine rings is 1. The van der Waals surface area contributed by atoms with Crippen LogP contribution in [-0.4, -0.2) is 24.3 Å². The van der Waals surface area contributed by atoms with Crippen molar-refractivity contribution in [3.63, 3.8) is 0 Å². The Morgan fingerprint density at radius 3 is 2.86 bits per heavy atom. The minimum atomic E-state index is 0.408. The second-order valence-electron chi connectivity index (χ2n) is 5.54. The molecule has 0 aliphatic heterocycles. The van der Waals surface area contributed by atoms with Crippen molar-refractivity contribution in [3.05, 3.63) is 36.2 Å². The summed E-state index contributed by atoms with van der Waals surface area (Å²) in [6, 6.07) is 2.51. The maximum absolute atomic E-state index is 4.47. The molecule has 0 radical (unpaired) electrons. The molecule has 0 saturated carbocycles. The smallest absolute Gasteiger partial charge is 0.157 e. The molecule has 0 unspecified atom stereocenters. The molecule has 0 atom stereocenters. The van der Waals surface area contributed by atoms with Crippen LogP contribution in [0.15, 0.2) is 24.8 Å². The summed E-state index contributed by atoms with van der Waals surface area (Å²) in [5.41, 5.74) is 4.06. The lowest BCUT2D eigenvalue weighted by Crippen LogP contribution is -2.09. The van der Waals surface area contributed by atoms with Gasteiger partial charge in [-0.3, -0.25) is 4.68 Å². The number of nitrogens with one attached hydrogen (secondary N) is 1. The Hall–Kier alpha value is -2.37. The summed E-state index contributed by atoms with van der Waals surface area (Å²) < 4.78 is 3.97. The zero-order chi connectivity index (χ0) is 15.0. The lowest BCUT2D eigenvalue weighted by atomic mass is 10.2. The van der Waals surface area contributed by atoms with E-state index in [1.165, 1.54) is 0 Å². The third-order valence-electron chi connectivity index (χ3n) is 3.64. The average Bonchev–Trinajstić information content (AvgIpc) is 3.02. The Kier molecular flexibility index (Phi) is 3.37. The van der Waals surface area contributed by atoms with Gasteiger partial charge in [0.15, 0.2) is 5.65 Å². The van der Waals surface area contributed by atoms with Gasteiger partial charge in [0.05, 0.1) is 36.1 Å². The molecule has 21 heavy (non-hydrogen) atoms. The number of nitrogens with zero attached hydrogens (tertiary/aromatic N) is 5. The van der Waals surface area contributed by atoms with E-state index in [9.17, 15) is 0 Å². The molecular weight excluding hydrogens is 264 g/mol. The van der Waals surface area contributed by atoms with Gasteiger partial charge in [0.2, 0.25) is 0 Å². The highest BCUT2D eigenvalue weighted by atomic mass is 15.3. The van der Waals surface area contributed by atoms with Gasteiger partial charge in [-0.25, -0.2) is 9.97 Å². The summed E-state index contributed by atoms with van der Waals surface area (Å²) in [7, 11) is 1.91. The molecule has 0 bridgehead atoms. The topological polar surface area (TPSA) is 60.6 Å². The van der Waals surface area contributed by atoms with E-state index in [0.29, 0.717) is 6.04 Å². The van der Waals surface area contributed by atoms with Gasteiger partial charge in [-0.15, -0.1) is 0 Å². The Bertz CT molecular complexity index is 768. The van der Waals surface area contributed by atoms with Crippen molar-refractivity contribution in [2.45, 2.75) is 33.4 Å². The van der Waals surface area contributed by atoms with Crippen LogP contribution in [0.4, 0.5) is 5.69 Å². The van der Waals surface area contributed by atoms with Crippen molar-refractivity contribution in [1.29, 1.82) is 0 Å². The molecule has 0 aromatic carbocycles. The minimum absolute atomic E-state index is 0.408. The van der Waals surface area contributed by atoms with Crippen LogP contribution < -0.4 is 5.32 Å². The summed E-state index contributed by atoms with van der Waals surface area (Å²) >= 11 is 0. The lowest BCUT2D eigenvalue weighted by molar-refractivity contribution is 0.577. The molecule has 0 amide bonds. The van der Waals surface area contributed by atoms with E-state index in [0.717, 1.165) is 34.7 Å². The molecule has 3 aromatic rings. The highest BCUT2D eigenvalue weighted by molar-refractivity contribution is 5.81. The molecule has 6 heteroatoms. The second-order valence-corrected chi connectivity index (χ2v) is 5.54. The number of rotatable bonds is 4. The van der Waals surface area contributed by atoms with Crippen LogP contribution in [0.5, 0.6) is 0 Å². The van der Waals surface area contributed by atoms with E-state index in [1.807, 2.05) is 37.4 Å². The number of aromatic nitrogens is 5. The molecule has 1 N–H and O–H groups in total. The van der Waals surface area contributed by atoms with E-state index < -0.39 is 0 Å². The van der Waals surface area contributed by atoms with Crippen molar-refractivity contribution in [2.75, 3.05) is 5.32 Å². The van der Waals surface area contributed by atoms with Crippen LogP contribution in [0.2, 0.25) is 0 Å². The van der Waals surface area contributed by atoms with Gasteiger partial charge >= 0.3 is 0 Å². The van der Waals surface area contributed by atoms with Crippen molar-refractivity contribution in [1.82, 2.24) is 24.3 Å². The van der Waals surface area contributed by atoms with Crippen molar-refractivity contribution < 1.29 is 0 Å². The molecule has 0 spiro atoms. The fraction of sp³-hybridized carbons (Fsp3) is 0.400. The summed E-state index contributed by atoms with van der Waals surface area (Å²) in [6.07, 6.45) is 5.61. The normalized spacial score (nSPS) is 11.5. The number of imidazole rings is 1. The van der Waals surface area contributed by atoms with Crippen molar-refractivity contribution in [2.24, 2.45) is 7.05 Å². The monoisotopic (exact) mass is 284 g/mol. The molecular formula is C15H20N6. The van der Waals surface area contributed by atoms with E-state index in [1.54, 1.807) is 0 Å². The van der Waals surface area contributed by atoms with Gasteiger partial charge < -0.3 is 9.88 Å². The Morgan fingerprint density at radius 2 is 2.10 bits per heavy atom. The number of aryl methyl sites for hydroxylation is 2. The van der Waals surface area contributed by atoms with Gasteiger partial charge in [-0.2, -0.15) is 5.10 Å². The number of fused-ring (bicyclic) bond motifs is 1. The number of anilines is 1. The van der Waals surface area contributed by atoms with E-state index in [-0.39, 0.29) is 0 Å². The highest BCUT2D eigenvalue weighted by Gasteiger charge is 2.08. The first-order valence-electron chi connectivity index (χ1n) is 7.10. The molecule has 0 fully saturated rings. The summed E-state index contributed by atoms with van der Waals surface area (Å²) in [5.74, 6) is 0. The molecule has 0 aliphatic rings. The van der Waals surface area contributed by atoms with Crippen molar-refractivity contribution >= 4 is 16.7 Å². The van der Waals surface area contributed by atoms with Crippen LogP contribution in [0.3, 0.4) is 0 Å². The zero-order valence-electron chi connectivity index (χ0n) is 12.8. The third kappa shape index (κ3) is 2.49. The standard InChI is InChI=1S/C15H20N6/c1-10(2)21-9-16-7-13(21)8-17-12-5-14-11(3)19-20(4)15(14)18-6-12/h5-7,9-10,17H,8H2,1-4H3. The largest absolute Gasteiger partial charge is 0.378 e. The predicted molar refractivity (Wildman–Crippen MR) is 83.2 cm³/mol. The molecule has 110 valence electrons. The second kappa shape index (κ2) is 5.20. The first-order valence-corrected chi connectivity index (χ1v) is 7.10. The minimum Gasteiger partial charge on any atom is -0.378 e.